The maximum Gasteiger partial charge on any atom is 0.320 e. The van der Waals surface area contributed by atoms with Gasteiger partial charge >= 0.3 is 5.97 Å². The molecule has 1 rings (SSSR count). The van der Waals surface area contributed by atoms with Gasteiger partial charge in [0.15, 0.2) is 0 Å². The van der Waals surface area contributed by atoms with Crippen LogP contribution in [0.2, 0.25) is 0 Å². The summed E-state index contributed by atoms with van der Waals surface area (Å²) >= 11 is 1.54. The largest absolute Gasteiger partial charge is 0.480 e. The molecule has 0 amide bonds. The molecule has 0 radical (unpaired) electrons. The monoisotopic (exact) mass is 327 g/mol. The van der Waals surface area contributed by atoms with Gasteiger partial charge in [0.2, 0.25) is 0 Å². The van der Waals surface area contributed by atoms with E-state index >= 15 is 0 Å². The van der Waals surface area contributed by atoms with Crippen LogP contribution in [-0.2, 0) is 11.2 Å². The number of hydrogen-bond acceptors (Lipinski definition) is 2. The van der Waals surface area contributed by atoms with E-state index < -0.39 is 23.6 Å². The molecule has 1 aromatic carbocycles. The molecule has 0 aliphatic heterocycles. The van der Waals surface area contributed by atoms with E-state index in [0.29, 0.717) is 0 Å². The topological polar surface area (TPSA) is 63.3 Å². The number of carboxylic acids is 1. The van der Waals surface area contributed by atoms with E-state index in [1.165, 1.54) is 22.6 Å². The predicted molar refractivity (Wildman–Crippen MR) is 58.4 cm³/mol. The van der Waals surface area contributed by atoms with Crippen LogP contribution < -0.4 is 5.73 Å². The Hall–Kier alpha value is -0.760. The minimum absolute atomic E-state index is 0.0971. The second-order valence-electron chi connectivity index (χ2n) is 3.02. The molecule has 0 bridgehead atoms. The molecule has 3 nitrogen and oxygen atoms in total. The Bertz CT molecular complexity index is 375. The fourth-order valence-corrected chi connectivity index (χ4v) is 1.38. The van der Waals surface area contributed by atoms with Gasteiger partial charge in [0.1, 0.15) is 17.7 Å². The third-order valence-corrected chi connectivity index (χ3v) is 2.85. The van der Waals surface area contributed by atoms with E-state index in [0.717, 1.165) is 12.1 Å². The van der Waals surface area contributed by atoms with Gasteiger partial charge in [-0.2, -0.15) is 0 Å². The van der Waals surface area contributed by atoms with Crippen molar-refractivity contribution >= 4 is 28.6 Å². The van der Waals surface area contributed by atoms with Crippen LogP contribution in [0.3, 0.4) is 0 Å². The maximum atomic E-state index is 13.1. The molecular weight excluding hydrogens is 319 g/mol. The van der Waals surface area contributed by atoms with Crippen molar-refractivity contribution in [3.05, 3.63) is 32.9 Å². The van der Waals surface area contributed by atoms with Crippen molar-refractivity contribution in [1.82, 2.24) is 0 Å². The summed E-state index contributed by atoms with van der Waals surface area (Å²) in [6, 6.07) is 1.03. The van der Waals surface area contributed by atoms with Crippen molar-refractivity contribution < 1.29 is 18.7 Å². The lowest BCUT2D eigenvalue weighted by Crippen LogP contribution is -2.32. The fourth-order valence-electron chi connectivity index (χ4n) is 1.07. The number of hydrogen-bond donors (Lipinski definition) is 2. The summed E-state index contributed by atoms with van der Waals surface area (Å²) in [6.07, 6.45) is -0.0971. The minimum Gasteiger partial charge on any atom is -0.480 e. The molecule has 0 aromatic heterocycles. The van der Waals surface area contributed by atoms with Crippen LogP contribution in [0.25, 0.3) is 0 Å². The second kappa shape index (κ2) is 4.84. The lowest BCUT2D eigenvalue weighted by Gasteiger charge is -2.07. The van der Waals surface area contributed by atoms with Gasteiger partial charge in [0.25, 0.3) is 0 Å². The van der Waals surface area contributed by atoms with E-state index in [9.17, 15) is 13.6 Å². The Labute approximate surface area is 98.4 Å². The average Bonchev–Trinajstić information content (AvgIpc) is 2.13. The number of carbonyl (C=O) groups is 1. The molecule has 1 atom stereocenters. The van der Waals surface area contributed by atoms with Crippen LogP contribution in [0.15, 0.2) is 12.1 Å². The zero-order valence-electron chi connectivity index (χ0n) is 7.51. The van der Waals surface area contributed by atoms with Gasteiger partial charge in [-0.25, -0.2) is 8.78 Å². The number of benzene rings is 1. The van der Waals surface area contributed by atoms with Crippen LogP contribution in [0.4, 0.5) is 8.78 Å². The van der Waals surface area contributed by atoms with Crippen LogP contribution in [-0.4, -0.2) is 17.1 Å². The molecule has 0 spiro atoms. The molecule has 0 heterocycles. The Morgan fingerprint density at radius 1 is 1.47 bits per heavy atom. The first-order chi connectivity index (χ1) is 6.91. The third kappa shape index (κ3) is 3.10. The van der Waals surface area contributed by atoms with Gasteiger partial charge in [0.05, 0.1) is 3.57 Å². The normalized spacial score (nSPS) is 12.5. The van der Waals surface area contributed by atoms with Gasteiger partial charge in [-0.15, -0.1) is 0 Å². The van der Waals surface area contributed by atoms with Crippen LogP contribution in [0.1, 0.15) is 5.56 Å². The first kappa shape index (κ1) is 12.3. The molecule has 82 valence electrons. The summed E-state index contributed by atoms with van der Waals surface area (Å²) in [5.41, 5.74) is 5.48. The molecule has 0 aliphatic carbocycles. The summed E-state index contributed by atoms with van der Waals surface area (Å²) in [6.45, 7) is 0. The third-order valence-electron chi connectivity index (χ3n) is 1.82. The smallest absolute Gasteiger partial charge is 0.320 e. The second-order valence-corrected chi connectivity index (χ2v) is 4.10. The summed E-state index contributed by atoms with van der Waals surface area (Å²) in [7, 11) is 0. The zero-order valence-corrected chi connectivity index (χ0v) is 9.66. The van der Waals surface area contributed by atoms with Crippen molar-refractivity contribution in [2.24, 2.45) is 5.73 Å². The molecule has 15 heavy (non-hydrogen) atoms. The molecule has 1 aromatic rings. The summed E-state index contributed by atoms with van der Waals surface area (Å²) in [5, 5.41) is 8.52. The highest BCUT2D eigenvalue weighted by molar-refractivity contribution is 14.1. The molecule has 0 saturated heterocycles. The predicted octanol–water partition coefficient (Wildman–Crippen LogP) is 1.52. The van der Waals surface area contributed by atoms with Crippen molar-refractivity contribution in [1.29, 1.82) is 0 Å². The highest BCUT2D eigenvalue weighted by Gasteiger charge is 2.15. The minimum atomic E-state index is -1.20. The Morgan fingerprint density at radius 3 is 2.33 bits per heavy atom. The van der Waals surface area contributed by atoms with Gasteiger partial charge in [-0.05, 0) is 46.7 Å². The van der Waals surface area contributed by atoms with E-state index in [-0.39, 0.29) is 15.6 Å². The van der Waals surface area contributed by atoms with Gasteiger partial charge in [-0.1, -0.05) is 0 Å². The van der Waals surface area contributed by atoms with Crippen LogP contribution in [0, 0.1) is 15.2 Å². The summed E-state index contributed by atoms with van der Waals surface area (Å²) in [4.78, 5) is 10.4. The molecule has 0 saturated carbocycles. The SMILES string of the molecule is N[C@@H](Cc1cc(F)c(I)c(F)c1)C(=O)O. The zero-order chi connectivity index (χ0) is 11.6. The van der Waals surface area contributed by atoms with E-state index in [1.807, 2.05) is 0 Å². The quantitative estimate of drug-likeness (QED) is 0.654. The van der Waals surface area contributed by atoms with Crippen LogP contribution >= 0.6 is 22.6 Å². The summed E-state index contributed by atoms with van der Waals surface area (Å²) in [5.74, 6) is -2.61. The Morgan fingerprint density at radius 2 is 1.93 bits per heavy atom. The van der Waals surface area contributed by atoms with Crippen molar-refractivity contribution in [2.75, 3.05) is 0 Å². The maximum absolute atomic E-state index is 13.1. The first-order valence-electron chi connectivity index (χ1n) is 4.03. The van der Waals surface area contributed by atoms with Crippen molar-refractivity contribution in [3.63, 3.8) is 0 Å². The van der Waals surface area contributed by atoms with Crippen LogP contribution in [0.5, 0.6) is 0 Å². The molecule has 0 fully saturated rings. The summed E-state index contributed by atoms with van der Waals surface area (Å²) < 4.78 is 26.0. The van der Waals surface area contributed by atoms with Gasteiger partial charge < -0.3 is 10.8 Å². The number of rotatable bonds is 3. The number of carboxylic acid groups (broad SMARTS) is 1. The molecule has 6 heteroatoms. The molecular formula is C9H8F2INO2. The van der Waals surface area contributed by atoms with E-state index in [4.69, 9.17) is 10.8 Å². The van der Waals surface area contributed by atoms with Crippen molar-refractivity contribution in [3.8, 4) is 0 Å². The number of nitrogens with two attached hydrogens (primary N) is 1. The molecule has 3 N–H and O–H groups in total. The standard InChI is InChI=1S/C9H8F2INO2/c10-5-1-4(2-6(11)8(5)12)3-7(13)9(14)15/h1-2,7H,3,13H2,(H,14,15)/t7-/m0/s1. The highest BCUT2D eigenvalue weighted by atomic mass is 127. The molecule has 0 aliphatic rings. The lowest BCUT2D eigenvalue weighted by atomic mass is 10.1. The Kier molecular flexibility index (Phi) is 3.97. The lowest BCUT2D eigenvalue weighted by molar-refractivity contribution is -0.138. The van der Waals surface area contributed by atoms with E-state index in [2.05, 4.69) is 0 Å². The van der Waals surface area contributed by atoms with Gasteiger partial charge in [0, 0.05) is 0 Å². The first-order valence-corrected chi connectivity index (χ1v) is 5.11. The number of halogens is 3. The Balaban J connectivity index is 2.92. The van der Waals surface area contributed by atoms with Crippen molar-refractivity contribution in [2.45, 2.75) is 12.5 Å². The fraction of sp³-hybridized carbons (Fsp3) is 0.222. The molecule has 0 unspecified atom stereocenters. The van der Waals surface area contributed by atoms with Gasteiger partial charge in [-0.3, -0.25) is 4.79 Å². The number of aliphatic carboxylic acids is 1. The average molecular weight is 327 g/mol. The highest BCUT2D eigenvalue weighted by Crippen LogP contribution is 2.18. The van der Waals surface area contributed by atoms with E-state index in [1.54, 1.807) is 0 Å².